The highest BCUT2D eigenvalue weighted by Crippen LogP contribution is 2.35. The van der Waals surface area contributed by atoms with Crippen molar-refractivity contribution in [3.8, 4) is 11.5 Å². The van der Waals surface area contributed by atoms with Gasteiger partial charge < -0.3 is 25.8 Å². The minimum atomic E-state index is -0.897. The van der Waals surface area contributed by atoms with E-state index in [4.69, 9.17) is 26.8 Å². The number of methoxy groups -OCH3 is 2. The van der Waals surface area contributed by atoms with Crippen LogP contribution in [0, 0.1) is 0 Å². The van der Waals surface area contributed by atoms with E-state index < -0.39 is 11.8 Å². The highest BCUT2D eigenvalue weighted by molar-refractivity contribution is 7.80. The van der Waals surface area contributed by atoms with Crippen molar-refractivity contribution < 1.29 is 19.1 Å². The predicted octanol–water partition coefficient (Wildman–Crippen LogP) is 0.698. The van der Waals surface area contributed by atoms with Crippen molar-refractivity contribution in [2.24, 2.45) is 5.73 Å². The van der Waals surface area contributed by atoms with Crippen molar-refractivity contribution in [2.75, 3.05) is 26.1 Å². The summed E-state index contributed by atoms with van der Waals surface area (Å²) in [7, 11) is 2.85. The number of hydrogen-bond donors (Lipinski definition) is 3. The van der Waals surface area contributed by atoms with Gasteiger partial charge in [0, 0.05) is 6.07 Å². The van der Waals surface area contributed by atoms with Gasteiger partial charge in [-0.1, -0.05) is 23.8 Å². The lowest BCUT2D eigenvalue weighted by Crippen LogP contribution is -2.39. The van der Waals surface area contributed by atoms with E-state index >= 15 is 0 Å². The summed E-state index contributed by atoms with van der Waals surface area (Å²) in [5.74, 6) is -1.10. The van der Waals surface area contributed by atoms with Gasteiger partial charge in [0.05, 0.1) is 36.5 Å². The van der Waals surface area contributed by atoms with Gasteiger partial charge in [0.15, 0.2) is 0 Å². The molecule has 7 nitrogen and oxygen atoms in total. The largest absolute Gasteiger partial charge is 0.495 e. The number of halogens is 1. The fourth-order valence-electron chi connectivity index (χ4n) is 1.38. The Morgan fingerprint density at radius 3 is 2.38 bits per heavy atom. The molecule has 0 atom stereocenters. The topological polar surface area (TPSA) is 103 Å². The first-order valence-corrected chi connectivity index (χ1v) is 6.46. The molecule has 0 unspecified atom stereocenters. The Hall–Kier alpha value is -2.06. The average Bonchev–Trinajstić information content (AvgIpc) is 2.44. The van der Waals surface area contributed by atoms with Gasteiger partial charge in [-0.25, -0.2) is 0 Å². The van der Waals surface area contributed by atoms with Gasteiger partial charge in [-0.2, -0.15) is 0 Å². The van der Waals surface area contributed by atoms with Crippen molar-refractivity contribution in [3.05, 3.63) is 17.2 Å². The fraction of sp³-hybridized carbons (Fsp3) is 0.250. The van der Waals surface area contributed by atoms with Crippen molar-refractivity contribution in [1.82, 2.24) is 5.32 Å². The monoisotopic (exact) mass is 331 g/mol. The highest BCUT2D eigenvalue weighted by atomic mass is 35.5. The zero-order chi connectivity index (χ0) is 16.0. The SMILES string of the molecule is COc1cc(OC)c(NC(=O)C(=O)NCC(N)=S)cc1Cl. The van der Waals surface area contributed by atoms with Crippen LogP contribution >= 0.6 is 23.8 Å². The third-order valence-electron chi connectivity index (χ3n) is 2.35. The van der Waals surface area contributed by atoms with Crippen LogP contribution in [0.4, 0.5) is 5.69 Å². The number of benzene rings is 1. The number of hydrogen-bond acceptors (Lipinski definition) is 5. The number of anilines is 1. The predicted molar refractivity (Wildman–Crippen MR) is 83.0 cm³/mol. The molecule has 4 N–H and O–H groups in total. The van der Waals surface area contributed by atoms with Gasteiger partial charge in [-0.3, -0.25) is 9.59 Å². The second-order valence-electron chi connectivity index (χ2n) is 3.79. The molecule has 1 aromatic carbocycles. The minimum absolute atomic E-state index is 0.0674. The molecule has 0 fully saturated rings. The van der Waals surface area contributed by atoms with Gasteiger partial charge in [-0.05, 0) is 6.07 Å². The molecule has 0 heterocycles. The van der Waals surface area contributed by atoms with Gasteiger partial charge in [0.25, 0.3) is 0 Å². The van der Waals surface area contributed by atoms with Crippen molar-refractivity contribution in [2.45, 2.75) is 0 Å². The Morgan fingerprint density at radius 1 is 1.24 bits per heavy atom. The molecule has 0 bridgehead atoms. The van der Waals surface area contributed by atoms with Crippen LogP contribution in [0.2, 0.25) is 5.02 Å². The lowest BCUT2D eigenvalue weighted by Gasteiger charge is -2.12. The van der Waals surface area contributed by atoms with E-state index in [0.29, 0.717) is 11.5 Å². The number of nitrogens with two attached hydrogens (primary N) is 1. The molecule has 1 rings (SSSR count). The third kappa shape index (κ3) is 4.76. The summed E-state index contributed by atoms with van der Waals surface area (Å²) in [6.45, 7) is -0.0674. The van der Waals surface area contributed by atoms with Crippen molar-refractivity contribution in [1.29, 1.82) is 0 Å². The number of ether oxygens (including phenoxy) is 2. The fourth-order valence-corrected chi connectivity index (χ4v) is 1.70. The van der Waals surface area contributed by atoms with E-state index in [9.17, 15) is 9.59 Å². The van der Waals surface area contributed by atoms with E-state index in [1.54, 1.807) is 0 Å². The molecule has 0 aliphatic rings. The van der Waals surface area contributed by atoms with Crippen LogP contribution in [0.15, 0.2) is 12.1 Å². The van der Waals surface area contributed by atoms with Crippen LogP contribution in [-0.4, -0.2) is 37.6 Å². The van der Waals surface area contributed by atoms with Crippen LogP contribution in [0.3, 0.4) is 0 Å². The van der Waals surface area contributed by atoms with Crippen LogP contribution in [0.1, 0.15) is 0 Å². The molecular weight excluding hydrogens is 318 g/mol. The molecular formula is C12H14ClN3O4S. The lowest BCUT2D eigenvalue weighted by atomic mass is 10.2. The van der Waals surface area contributed by atoms with Crippen LogP contribution < -0.4 is 25.8 Å². The molecule has 0 radical (unpaired) electrons. The molecule has 0 saturated heterocycles. The second-order valence-corrected chi connectivity index (χ2v) is 4.72. The number of carbonyl (C=O) groups is 2. The summed E-state index contributed by atoms with van der Waals surface area (Å²) in [5.41, 5.74) is 5.46. The first-order chi connectivity index (χ1) is 9.88. The van der Waals surface area contributed by atoms with E-state index in [1.165, 1.54) is 26.4 Å². The number of thiocarbonyl (C=S) groups is 1. The lowest BCUT2D eigenvalue weighted by molar-refractivity contribution is -0.135. The summed E-state index contributed by atoms with van der Waals surface area (Å²) < 4.78 is 10.1. The Bertz CT molecular complexity index is 580. The molecule has 0 spiro atoms. The Kier molecular flexibility index (Phi) is 6.19. The number of carbonyl (C=O) groups excluding carboxylic acids is 2. The first kappa shape index (κ1) is 17.0. The van der Waals surface area contributed by atoms with Crippen LogP contribution in [-0.2, 0) is 9.59 Å². The van der Waals surface area contributed by atoms with E-state index in [1.807, 2.05) is 0 Å². The molecule has 2 amide bonds. The van der Waals surface area contributed by atoms with Crippen LogP contribution in [0.25, 0.3) is 0 Å². The van der Waals surface area contributed by atoms with Crippen molar-refractivity contribution in [3.63, 3.8) is 0 Å². The van der Waals surface area contributed by atoms with E-state index in [0.717, 1.165) is 0 Å². The van der Waals surface area contributed by atoms with Gasteiger partial charge >= 0.3 is 11.8 Å². The van der Waals surface area contributed by atoms with E-state index in [2.05, 4.69) is 22.9 Å². The summed E-state index contributed by atoms with van der Waals surface area (Å²) in [6.07, 6.45) is 0. The zero-order valence-corrected chi connectivity index (χ0v) is 12.9. The highest BCUT2D eigenvalue weighted by Gasteiger charge is 2.17. The summed E-state index contributed by atoms with van der Waals surface area (Å²) in [5, 5.41) is 4.90. The molecule has 21 heavy (non-hydrogen) atoms. The van der Waals surface area contributed by atoms with Gasteiger partial charge in [0.1, 0.15) is 11.5 Å². The Balaban J connectivity index is 2.87. The average molecular weight is 332 g/mol. The summed E-state index contributed by atoms with van der Waals surface area (Å²) >= 11 is 10.6. The normalized spacial score (nSPS) is 9.67. The van der Waals surface area contributed by atoms with Crippen molar-refractivity contribution >= 4 is 46.3 Å². The third-order valence-corrected chi connectivity index (χ3v) is 2.79. The maximum atomic E-state index is 11.7. The summed E-state index contributed by atoms with van der Waals surface area (Å²) in [6, 6.07) is 2.91. The van der Waals surface area contributed by atoms with Gasteiger partial charge in [-0.15, -0.1) is 0 Å². The standard InChI is InChI=1S/C12H14ClN3O4S/c1-19-8-4-9(20-2)7(3-6(8)13)16-12(18)11(17)15-5-10(14)21/h3-4H,5H2,1-2H3,(H2,14,21)(H,15,17)(H,16,18). The quantitative estimate of drug-likeness (QED) is 0.542. The second kappa shape index (κ2) is 7.65. The molecule has 0 aliphatic carbocycles. The number of nitrogens with one attached hydrogen (secondary N) is 2. The Labute approximate surface area is 131 Å². The number of rotatable bonds is 5. The molecule has 9 heteroatoms. The summed E-state index contributed by atoms with van der Waals surface area (Å²) in [4.78, 5) is 23.3. The molecule has 0 aliphatic heterocycles. The number of amides is 2. The first-order valence-electron chi connectivity index (χ1n) is 5.68. The maximum absolute atomic E-state index is 11.7. The zero-order valence-electron chi connectivity index (χ0n) is 11.4. The Morgan fingerprint density at radius 2 is 1.86 bits per heavy atom. The molecule has 0 aromatic heterocycles. The van der Waals surface area contributed by atoms with Gasteiger partial charge in [0.2, 0.25) is 0 Å². The minimum Gasteiger partial charge on any atom is -0.495 e. The van der Waals surface area contributed by atoms with E-state index in [-0.39, 0.29) is 22.2 Å². The maximum Gasteiger partial charge on any atom is 0.313 e. The molecule has 0 saturated carbocycles. The molecule has 1 aromatic rings. The van der Waals surface area contributed by atoms with Crippen LogP contribution in [0.5, 0.6) is 11.5 Å². The smallest absolute Gasteiger partial charge is 0.313 e. The molecule has 114 valence electrons.